The van der Waals surface area contributed by atoms with Gasteiger partial charge in [0.25, 0.3) is 5.91 Å². The maximum Gasteiger partial charge on any atom is 0.291 e. The monoisotopic (exact) mass is 407 g/mol. The molecule has 2 N–H and O–H groups in total. The van der Waals surface area contributed by atoms with Crippen molar-refractivity contribution in [1.82, 2.24) is 4.90 Å². The van der Waals surface area contributed by atoms with Crippen LogP contribution in [0.1, 0.15) is 10.6 Å². The van der Waals surface area contributed by atoms with Crippen LogP contribution in [0.15, 0.2) is 45.5 Å². The third-order valence-electron chi connectivity index (χ3n) is 3.69. The molecule has 0 saturated carbocycles. The summed E-state index contributed by atoms with van der Waals surface area (Å²) in [4.78, 5) is 26.1. The number of benzene rings is 1. The molecule has 0 atom stereocenters. The van der Waals surface area contributed by atoms with Crippen molar-refractivity contribution >= 4 is 39.1 Å². The van der Waals surface area contributed by atoms with Crippen LogP contribution >= 0.6 is 15.9 Å². The van der Waals surface area contributed by atoms with Crippen molar-refractivity contribution in [3.63, 3.8) is 0 Å². The van der Waals surface area contributed by atoms with Gasteiger partial charge in [0.05, 0.1) is 19.8 Å². The number of carbonyl (C=O) groups excluding carboxylic acids is 2. The van der Waals surface area contributed by atoms with Crippen LogP contribution < -0.4 is 10.6 Å². The van der Waals surface area contributed by atoms with E-state index in [4.69, 9.17) is 9.15 Å². The standard InChI is InChI=1S/C17H18BrN3O4/c18-15-6-5-14(25-15)17(23)20-13-3-1-12(2-4-13)19-16(22)11-21-7-9-24-10-8-21/h1-6H,7-11H2,(H,19,22)(H,20,23). The van der Waals surface area contributed by atoms with Crippen LogP contribution in [0.3, 0.4) is 0 Å². The first kappa shape index (κ1) is 17.7. The van der Waals surface area contributed by atoms with Gasteiger partial charge in [-0.2, -0.15) is 0 Å². The highest BCUT2D eigenvalue weighted by atomic mass is 79.9. The number of nitrogens with one attached hydrogen (secondary N) is 2. The van der Waals surface area contributed by atoms with E-state index in [0.29, 0.717) is 35.8 Å². The van der Waals surface area contributed by atoms with Crippen LogP contribution in [0.2, 0.25) is 0 Å². The van der Waals surface area contributed by atoms with Crippen molar-refractivity contribution in [2.24, 2.45) is 0 Å². The van der Waals surface area contributed by atoms with Crippen LogP contribution in [0.4, 0.5) is 11.4 Å². The number of morpholine rings is 1. The second-order valence-corrected chi connectivity index (χ2v) is 6.35. The predicted molar refractivity (Wildman–Crippen MR) is 96.7 cm³/mol. The van der Waals surface area contributed by atoms with Gasteiger partial charge in [-0.1, -0.05) is 0 Å². The van der Waals surface area contributed by atoms with Gasteiger partial charge in [-0.25, -0.2) is 0 Å². The second kappa shape index (κ2) is 8.28. The Morgan fingerprint density at radius 1 is 1.00 bits per heavy atom. The fourth-order valence-corrected chi connectivity index (χ4v) is 2.74. The number of amides is 2. The maximum absolute atomic E-state index is 12.1. The van der Waals surface area contributed by atoms with Crippen molar-refractivity contribution < 1.29 is 18.7 Å². The smallest absolute Gasteiger partial charge is 0.291 e. The Hall–Kier alpha value is -2.16. The van der Waals surface area contributed by atoms with Crippen LogP contribution in [0.5, 0.6) is 0 Å². The maximum atomic E-state index is 12.1. The topological polar surface area (TPSA) is 83.8 Å². The Morgan fingerprint density at radius 2 is 1.64 bits per heavy atom. The average Bonchev–Trinajstić information content (AvgIpc) is 3.04. The van der Waals surface area contributed by atoms with E-state index < -0.39 is 0 Å². The highest BCUT2D eigenvalue weighted by Gasteiger charge is 2.14. The Bertz CT molecular complexity index is 739. The summed E-state index contributed by atoms with van der Waals surface area (Å²) in [5, 5.41) is 5.58. The number of nitrogens with zero attached hydrogens (tertiary/aromatic N) is 1. The minimum absolute atomic E-state index is 0.0703. The van der Waals surface area contributed by atoms with Crippen LogP contribution in [0.25, 0.3) is 0 Å². The van der Waals surface area contributed by atoms with E-state index in [1.807, 2.05) is 0 Å². The van der Waals surface area contributed by atoms with Gasteiger partial charge in [0.1, 0.15) is 0 Å². The van der Waals surface area contributed by atoms with Crippen molar-refractivity contribution in [3.8, 4) is 0 Å². The minimum atomic E-state index is -0.338. The molecule has 2 aromatic rings. The van der Waals surface area contributed by atoms with Gasteiger partial charge in [0, 0.05) is 24.5 Å². The summed E-state index contributed by atoms with van der Waals surface area (Å²) in [7, 11) is 0. The van der Waals surface area contributed by atoms with Crippen LogP contribution in [-0.2, 0) is 9.53 Å². The molecule has 0 aliphatic carbocycles. The third-order valence-corrected chi connectivity index (χ3v) is 4.12. The Balaban J connectivity index is 1.51. The van der Waals surface area contributed by atoms with Crippen LogP contribution in [0, 0.1) is 0 Å². The van der Waals surface area contributed by atoms with Gasteiger partial charge in [-0.3, -0.25) is 14.5 Å². The number of ether oxygens (including phenoxy) is 1. The summed E-state index contributed by atoms with van der Waals surface area (Å²) < 4.78 is 11.0. The molecule has 1 aliphatic rings. The highest BCUT2D eigenvalue weighted by molar-refractivity contribution is 9.10. The zero-order valence-corrected chi connectivity index (χ0v) is 15.0. The quantitative estimate of drug-likeness (QED) is 0.795. The summed E-state index contributed by atoms with van der Waals surface area (Å²) in [6, 6.07) is 10.2. The summed E-state index contributed by atoms with van der Waals surface area (Å²) in [5.74, 6) is -0.191. The Morgan fingerprint density at radius 3 is 2.24 bits per heavy atom. The van der Waals surface area contributed by atoms with Crippen molar-refractivity contribution in [2.75, 3.05) is 43.5 Å². The molecule has 1 fully saturated rings. The van der Waals surface area contributed by atoms with Gasteiger partial charge >= 0.3 is 0 Å². The Labute approximate surface area is 153 Å². The number of hydrogen-bond donors (Lipinski definition) is 2. The average molecular weight is 408 g/mol. The molecule has 3 rings (SSSR count). The number of carbonyl (C=O) groups is 2. The molecule has 132 valence electrons. The first-order valence-corrected chi connectivity index (χ1v) is 8.66. The summed E-state index contributed by atoms with van der Waals surface area (Å²) in [5.41, 5.74) is 1.29. The molecular formula is C17H18BrN3O4. The predicted octanol–water partition coefficient (Wildman–Crippen LogP) is 2.57. The lowest BCUT2D eigenvalue weighted by Crippen LogP contribution is -2.41. The van der Waals surface area contributed by atoms with Crippen molar-refractivity contribution in [2.45, 2.75) is 0 Å². The molecule has 2 amide bonds. The molecule has 1 aliphatic heterocycles. The van der Waals surface area contributed by atoms with Gasteiger partial charge in [0.2, 0.25) is 5.91 Å². The van der Waals surface area contributed by atoms with Gasteiger partial charge < -0.3 is 19.8 Å². The molecule has 0 unspecified atom stereocenters. The van der Waals surface area contributed by atoms with Gasteiger partial charge in [-0.05, 0) is 52.3 Å². The van der Waals surface area contributed by atoms with E-state index in [1.54, 1.807) is 36.4 Å². The Kier molecular flexibility index (Phi) is 5.85. The van der Waals surface area contributed by atoms with Gasteiger partial charge in [0.15, 0.2) is 10.4 Å². The summed E-state index contributed by atoms with van der Waals surface area (Å²) >= 11 is 3.16. The van der Waals surface area contributed by atoms with Crippen molar-refractivity contribution in [3.05, 3.63) is 46.8 Å². The first-order valence-electron chi connectivity index (χ1n) is 7.87. The molecule has 0 bridgehead atoms. The van der Waals surface area contributed by atoms with E-state index in [2.05, 4.69) is 31.5 Å². The molecule has 8 heteroatoms. The molecule has 25 heavy (non-hydrogen) atoms. The zero-order chi connectivity index (χ0) is 17.6. The molecule has 1 saturated heterocycles. The van der Waals surface area contributed by atoms with E-state index >= 15 is 0 Å². The zero-order valence-electron chi connectivity index (χ0n) is 13.5. The first-order chi connectivity index (χ1) is 12.1. The number of anilines is 2. The van der Waals surface area contributed by atoms with Crippen LogP contribution in [-0.4, -0.2) is 49.6 Å². The normalized spacial score (nSPS) is 14.9. The second-order valence-electron chi connectivity index (χ2n) is 5.57. The lowest BCUT2D eigenvalue weighted by atomic mass is 10.2. The van der Waals surface area contributed by atoms with Crippen molar-refractivity contribution in [1.29, 1.82) is 0 Å². The highest BCUT2D eigenvalue weighted by Crippen LogP contribution is 2.17. The fourth-order valence-electron chi connectivity index (χ4n) is 2.43. The SMILES string of the molecule is O=C(CN1CCOCC1)Nc1ccc(NC(=O)c2ccc(Br)o2)cc1. The summed E-state index contributed by atoms with van der Waals surface area (Å²) in [6.07, 6.45) is 0. The summed E-state index contributed by atoms with van der Waals surface area (Å²) in [6.45, 7) is 3.19. The lowest BCUT2D eigenvalue weighted by molar-refractivity contribution is -0.118. The number of furan rings is 1. The fraction of sp³-hybridized carbons (Fsp3) is 0.294. The number of halogens is 1. The third kappa shape index (κ3) is 5.15. The molecule has 1 aromatic heterocycles. The van der Waals surface area contributed by atoms with E-state index in [1.165, 1.54) is 0 Å². The lowest BCUT2D eigenvalue weighted by Gasteiger charge is -2.25. The van der Waals surface area contributed by atoms with Gasteiger partial charge in [-0.15, -0.1) is 0 Å². The molecule has 7 nitrogen and oxygen atoms in total. The molecule has 2 heterocycles. The number of hydrogen-bond acceptors (Lipinski definition) is 5. The minimum Gasteiger partial charge on any atom is -0.444 e. The number of rotatable bonds is 5. The molecule has 0 radical (unpaired) electrons. The molecule has 1 aromatic carbocycles. The van der Waals surface area contributed by atoms with E-state index in [0.717, 1.165) is 13.1 Å². The van der Waals surface area contributed by atoms with E-state index in [9.17, 15) is 9.59 Å². The molecular weight excluding hydrogens is 390 g/mol. The largest absolute Gasteiger partial charge is 0.444 e. The molecule has 0 spiro atoms. The van der Waals surface area contributed by atoms with E-state index in [-0.39, 0.29) is 17.6 Å².